The quantitative estimate of drug-likeness (QED) is 0.725. The predicted molar refractivity (Wildman–Crippen MR) is 93.2 cm³/mol. The third kappa shape index (κ3) is 3.98. The Bertz CT molecular complexity index is 807. The average Bonchev–Trinajstić information content (AvgIpc) is 3.18. The molecule has 0 aliphatic rings. The summed E-state index contributed by atoms with van der Waals surface area (Å²) in [5.41, 5.74) is 0. The second-order valence-electron chi connectivity index (χ2n) is 4.35. The van der Waals surface area contributed by atoms with E-state index in [0.29, 0.717) is 26.1 Å². The number of hydrogen-bond acceptors (Lipinski definition) is 6. The fourth-order valence-corrected chi connectivity index (χ4v) is 3.12. The van der Waals surface area contributed by atoms with E-state index in [1.807, 2.05) is 0 Å². The summed E-state index contributed by atoms with van der Waals surface area (Å²) in [6.07, 6.45) is 3.19. The summed E-state index contributed by atoms with van der Waals surface area (Å²) in [6.45, 7) is 0. The smallest absolute Gasteiger partial charge is 0.329 e. The maximum Gasteiger partial charge on any atom is 0.329 e. The Balaban J connectivity index is 1.64. The number of ether oxygens (including phenoxy) is 1. The molecule has 0 unspecified atom stereocenters. The van der Waals surface area contributed by atoms with Crippen molar-refractivity contribution in [1.82, 2.24) is 9.97 Å². The van der Waals surface area contributed by atoms with E-state index in [1.165, 1.54) is 27.6 Å². The van der Waals surface area contributed by atoms with Crippen LogP contribution in [0.5, 0.6) is 10.8 Å². The van der Waals surface area contributed by atoms with Crippen molar-refractivity contribution in [2.45, 2.75) is 0 Å². The number of rotatable bonds is 4. The fourth-order valence-electron chi connectivity index (χ4n) is 1.65. The van der Waals surface area contributed by atoms with Crippen molar-refractivity contribution in [1.29, 1.82) is 0 Å². The summed E-state index contributed by atoms with van der Waals surface area (Å²) in [5.74, 6) is 0.610. The number of anilines is 2. The molecule has 0 bridgehead atoms. The number of nitrogens with one attached hydrogen (secondary N) is 1. The van der Waals surface area contributed by atoms with Crippen molar-refractivity contribution < 1.29 is 9.53 Å². The first-order valence-electron chi connectivity index (χ1n) is 6.45. The van der Waals surface area contributed by atoms with Crippen molar-refractivity contribution in [2.24, 2.45) is 0 Å². The predicted octanol–water partition coefficient (Wildman–Crippen LogP) is 4.71. The van der Waals surface area contributed by atoms with Crippen LogP contribution in [0.3, 0.4) is 0 Å². The van der Waals surface area contributed by atoms with E-state index in [2.05, 4.69) is 15.3 Å². The number of halogens is 1. The molecule has 2 amide bonds. The molecule has 6 nitrogen and oxygen atoms in total. The highest BCUT2D eigenvalue weighted by Gasteiger charge is 2.15. The Labute approximate surface area is 145 Å². The number of hydrogen-bond donors (Lipinski definition) is 1. The molecule has 0 spiro atoms. The van der Waals surface area contributed by atoms with Crippen molar-refractivity contribution in [3.63, 3.8) is 0 Å². The zero-order valence-corrected chi connectivity index (χ0v) is 14.3. The van der Waals surface area contributed by atoms with E-state index in [-0.39, 0.29) is 6.03 Å². The highest BCUT2D eigenvalue weighted by molar-refractivity contribution is 7.17. The first-order chi connectivity index (χ1) is 11.1. The Morgan fingerprint density at radius 1 is 1.39 bits per heavy atom. The Hall–Kier alpha value is -2.16. The molecule has 23 heavy (non-hydrogen) atoms. The van der Waals surface area contributed by atoms with E-state index in [0.717, 1.165) is 0 Å². The molecule has 2 aromatic heterocycles. The maximum absolute atomic E-state index is 12.1. The topological polar surface area (TPSA) is 67.4 Å². The molecule has 1 N–H and O–H groups in total. The monoisotopic (exact) mass is 366 g/mol. The number of aromatic nitrogens is 2. The van der Waals surface area contributed by atoms with Gasteiger partial charge in [-0.3, -0.25) is 10.2 Å². The van der Waals surface area contributed by atoms with Gasteiger partial charge in [0.1, 0.15) is 5.75 Å². The first kappa shape index (κ1) is 15.7. The molecule has 0 saturated carbocycles. The van der Waals surface area contributed by atoms with Crippen molar-refractivity contribution in [3.8, 4) is 10.8 Å². The van der Waals surface area contributed by atoms with E-state index in [4.69, 9.17) is 16.3 Å². The van der Waals surface area contributed by atoms with Gasteiger partial charge in [-0.05, 0) is 18.2 Å². The van der Waals surface area contributed by atoms with Gasteiger partial charge in [-0.25, -0.2) is 14.8 Å². The number of carbonyl (C=O) groups is 1. The van der Waals surface area contributed by atoms with Crippen LogP contribution in [-0.4, -0.2) is 23.0 Å². The average molecular weight is 367 g/mol. The lowest BCUT2D eigenvalue weighted by molar-refractivity contribution is 0.258. The second kappa shape index (κ2) is 6.95. The lowest BCUT2D eigenvalue weighted by atomic mass is 10.3. The van der Waals surface area contributed by atoms with Crippen LogP contribution in [0.15, 0.2) is 42.0 Å². The zero-order valence-electron chi connectivity index (χ0n) is 11.9. The summed E-state index contributed by atoms with van der Waals surface area (Å²) in [7, 11) is 1.64. The van der Waals surface area contributed by atoms with Gasteiger partial charge in [-0.1, -0.05) is 29.0 Å². The van der Waals surface area contributed by atoms with E-state index >= 15 is 0 Å². The summed E-state index contributed by atoms with van der Waals surface area (Å²) >= 11 is 8.51. The highest BCUT2D eigenvalue weighted by Crippen LogP contribution is 2.31. The van der Waals surface area contributed by atoms with Gasteiger partial charge in [0.15, 0.2) is 10.3 Å². The minimum absolute atomic E-state index is 0.316. The highest BCUT2D eigenvalue weighted by atomic mass is 35.5. The SMILES string of the molecule is CN(C(=O)Nc1ncc(Oc2cccc(Cl)c2)s1)c1nccs1. The van der Waals surface area contributed by atoms with E-state index in [1.54, 1.807) is 49.1 Å². The number of carbonyl (C=O) groups excluding carboxylic acids is 1. The molecule has 0 fully saturated rings. The van der Waals surface area contributed by atoms with E-state index in [9.17, 15) is 4.79 Å². The van der Waals surface area contributed by atoms with Crippen LogP contribution < -0.4 is 15.0 Å². The molecule has 0 radical (unpaired) electrons. The van der Waals surface area contributed by atoms with Crippen LogP contribution >= 0.6 is 34.3 Å². The largest absolute Gasteiger partial charge is 0.445 e. The minimum atomic E-state index is -0.316. The van der Waals surface area contributed by atoms with Crippen molar-refractivity contribution >= 4 is 50.6 Å². The Kier molecular flexibility index (Phi) is 4.75. The van der Waals surface area contributed by atoms with Gasteiger partial charge in [0.25, 0.3) is 0 Å². The molecule has 1 aromatic carbocycles. The Morgan fingerprint density at radius 2 is 2.26 bits per heavy atom. The number of benzene rings is 1. The number of nitrogens with zero attached hydrogens (tertiary/aromatic N) is 3. The molecule has 0 atom stereocenters. The molecule has 0 aliphatic heterocycles. The van der Waals surface area contributed by atoms with Crippen LogP contribution in [0.2, 0.25) is 5.02 Å². The Morgan fingerprint density at radius 3 is 3.00 bits per heavy atom. The molecule has 0 aliphatic carbocycles. The van der Waals surface area contributed by atoms with Crippen LogP contribution in [0, 0.1) is 0 Å². The van der Waals surface area contributed by atoms with Crippen LogP contribution in [0.25, 0.3) is 0 Å². The van der Waals surface area contributed by atoms with Crippen molar-refractivity contribution in [3.05, 3.63) is 47.1 Å². The summed E-state index contributed by atoms with van der Waals surface area (Å²) in [5, 5.41) is 6.70. The first-order valence-corrected chi connectivity index (χ1v) is 8.52. The molecule has 0 saturated heterocycles. The zero-order chi connectivity index (χ0) is 16.2. The number of amides is 2. The molecular weight excluding hydrogens is 356 g/mol. The van der Waals surface area contributed by atoms with Crippen molar-refractivity contribution in [2.75, 3.05) is 17.3 Å². The second-order valence-corrected chi connectivity index (χ2v) is 6.65. The fraction of sp³-hybridized carbons (Fsp3) is 0.0714. The van der Waals surface area contributed by atoms with Gasteiger partial charge in [-0.15, -0.1) is 11.3 Å². The molecule has 118 valence electrons. The molecular formula is C14H11ClN4O2S2. The number of thiazole rings is 2. The molecule has 9 heteroatoms. The normalized spacial score (nSPS) is 10.3. The summed E-state index contributed by atoms with van der Waals surface area (Å²) < 4.78 is 5.65. The third-order valence-corrected chi connectivity index (χ3v) is 4.60. The minimum Gasteiger partial charge on any atom is -0.445 e. The molecule has 3 rings (SSSR count). The molecule has 2 heterocycles. The van der Waals surface area contributed by atoms with Gasteiger partial charge in [0.05, 0.1) is 6.20 Å². The van der Waals surface area contributed by atoms with Gasteiger partial charge >= 0.3 is 6.03 Å². The van der Waals surface area contributed by atoms with Crippen LogP contribution in [0.1, 0.15) is 0 Å². The van der Waals surface area contributed by atoms with Gasteiger partial charge in [0.2, 0.25) is 5.06 Å². The van der Waals surface area contributed by atoms with Crippen LogP contribution in [-0.2, 0) is 0 Å². The van der Waals surface area contributed by atoms with Gasteiger partial charge < -0.3 is 4.74 Å². The number of urea groups is 1. The standard InChI is InChI=1S/C14H11ClN4O2S2/c1-19(14-16-5-6-22-14)13(20)18-12-17-8-11(23-12)21-10-4-2-3-9(15)7-10/h2-8H,1H3,(H,17,18,20). The van der Waals surface area contributed by atoms with Gasteiger partial charge in [-0.2, -0.15) is 0 Å². The molecule has 3 aromatic rings. The van der Waals surface area contributed by atoms with E-state index < -0.39 is 0 Å². The maximum atomic E-state index is 12.1. The van der Waals surface area contributed by atoms with Gasteiger partial charge in [0, 0.05) is 23.6 Å². The van der Waals surface area contributed by atoms with Crippen LogP contribution in [0.4, 0.5) is 15.1 Å². The summed E-state index contributed by atoms with van der Waals surface area (Å²) in [6, 6.07) is 6.74. The lowest BCUT2D eigenvalue weighted by Gasteiger charge is -2.12. The third-order valence-electron chi connectivity index (χ3n) is 2.72. The lowest BCUT2D eigenvalue weighted by Crippen LogP contribution is -2.30. The summed E-state index contributed by atoms with van der Waals surface area (Å²) in [4.78, 5) is 21.7.